The first kappa shape index (κ1) is 11.3. The van der Waals surface area contributed by atoms with Crippen molar-refractivity contribution in [2.75, 3.05) is 6.61 Å². The highest BCUT2D eigenvalue weighted by Gasteiger charge is 2.38. The standard InChI is InChI=1S/C11H14O5/c12-8-6-15-11(10(14)9(8)13)16-7-4-2-1-3-5-7/h1-5,8-14H,6H2. The Morgan fingerprint density at radius 2 is 1.75 bits per heavy atom. The molecule has 5 heteroatoms. The first-order valence-electron chi connectivity index (χ1n) is 5.06. The number of aliphatic hydroxyl groups excluding tert-OH is 3. The fourth-order valence-electron chi connectivity index (χ4n) is 1.52. The monoisotopic (exact) mass is 226 g/mol. The Morgan fingerprint density at radius 1 is 1.06 bits per heavy atom. The maximum atomic E-state index is 9.61. The van der Waals surface area contributed by atoms with Crippen LogP contribution in [0.25, 0.3) is 0 Å². The molecule has 1 aromatic rings. The van der Waals surface area contributed by atoms with E-state index in [4.69, 9.17) is 9.47 Å². The Labute approximate surface area is 92.9 Å². The minimum absolute atomic E-state index is 0.0598. The lowest BCUT2D eigenvalue weighted by molar-refractivity contribution is -0.242. The van der Waals surface area contributed by atoms with Crippen LogP contribution in [0.15, 0.2) is 30.3 Å². The maximum absolute atomic E-state index is 9.61. The molecule has 1 heterocycles. The Balaban J connectivity index is 2.00. The topological polar surface area (TPSA) is 79.2 Å². The Morgan fingerprint density at radius 3 is 2.44 bits per heavy atom. The van der Waals surface area contributed by atoms with E-state index >= 15 is 0 Å². The van der Waals surface area contributed by atoms with E-state index in [0.717, 1.165) is 0 Å². The molecule has 4 atom stereocenters. The molecule has 0 spiro atoms. The molecule has 16 heavy (non-hydrogen) atoms. The van der Waals surface area contributed by atoms with Crippen molar-refractivity contribution in [3.05, 3.63) is 30.3 Å². The van der Waals surface area contributed by atoms with Crippen molar-refractivity contribution < 1.29 is 24.8 Å². The van der Waals surface area contributed by atoms with Gasteiger partial charge in [-0.05, 0) is 12.1 Å². The van der Waals surface area contributed by atoms with Crippen LogP contribution in [-0.4, -0.2) is 46.5 Å². The number of hydrogen-bond acceptors (Lipinski definition) is 5. The van der Waals surface area contributed by atoms with Crippen LogP contribution >= 0.6 is 0 Å². The van der Waals surface area contributed by atoms with E-state index in [0.29, 0.717) is 5.75 Å². The SMILES string of the molecule is OC1COC(Oc2ccccc2)C(O)C1O. The molecule has 1 aliphatic heterocycles. The van der Waals surface area contributed by atoms with Crippen LogP contribution in [0.5, 0.6) is 5.75 Å². The minimum atomic E-state index is -1.26. The van der Waals surface area contributed by atoms with Gasteiger partial charge in [-0.3, -0.25) is 0 Å². The normalized spacial score (nSPS) is 34.7. The van der Waals surface area contributed by atoms with Crippen molar-refractivity contribution in [1.82, 2.24) is 0 Å². The number of benzene rings is 1. The molecule has 1 aromatic carbocycles. The van der Waals surface area contributed by atoms with E-state index in [1.165, 1.54) is 0 Å². The number of ether oxygens (including phenoxy) is 2. The third-order valence-corrected chi connectivity index (χ3v) is 2.45. The van der Waals surface area contributed by atoms with E-state index in [2.05, 4.69) is 0 Å². The van der Waals surface area contributed by atoms with Crippen molar-refractivity contribution in [1.29, 1.82) is 0 Å². The van der Waals surface area contributed by atoms with E-state index in [1.807, 2.05) is 6.07 Å². The molecule has 0 bridgehead atoms. The zero-order valence-electron chi connectivity index (χ0n) is 8.56. The molecular formula is C11H14O5. The van der Waals surface area contributed by atoms with Crippen LogP contribution in [0.2, 0.25) is 0 Å². The first-order chi connectivity index (χ1) is 7.68. The van der Waals surface area contributed by atoms with E-state index in [9.17, 15) is 15.3 Å². The molecule has 1 saturated heterocycles. The summed E-state index contributed by atoms with van der Waals surface area (Å²) >= 11 is 0. The summed E-state index contributed by atoms with van der Waals surface area (Å²) < 4.78 is 10.4. The second kappa shape index (κ2) is 4.80. The summed E-state index contributed by atoms with van der Waals surface area (Å²) in [4.78, 5) is 0. The van der Waals surface area contributed by atoms with E-state index in [-0.39, 0.29) is 6.61 Å². The van der Waals surface area contributed by atoms with Gasteiger partial charge in [0.2, 0.25) is 6.29 Å². The van der Waals surface area contributed by atoms with Gasteiger partial charge in [0, 0.05) is 0 Å². The second-order valence-corrected chi connectivity index (χ2v) is 3.68. The molecule has 0 aromatic heterocycles. The van der Waals surface area contributed by atoms with Crippen LogP contribution in [0.1, 0.15) is 0 Å². The average molecular weight is 226 g/mol. The molecule has 1 fully saturated rings. The summed E-state index contributed by atoms with van der Waals surface area (Å²) in [5.74, 6) is 0.537. The molecule has 88 valence electrons. The van der Waals surface area contributed by atoms with Gasteiger partial charge in [0.25, 0.3) is 0 Å². The van der Waals surface area contributed by atoms with Gasteiger partial charge in [-0.25, -0.2) is 0 Å². The van der Waals surface area contributed by atoms with Crippen LogP contribution in [0.3, 0.4) is 0 Å². The van der Waals surface area contributed by atoms with Crippen molar-refractivity contribution >= 4 is 0 Å². The predicted molar refractivity (Wildman–Crippen MR) is 54.8 cm³/mol. The van der Waals surface area contributed by atoms with Gasteiger partial charge in [-0.2, -0.15) is 0 Å². The van der Waals surface area contributed by atoms with Gasteiger partial charge < -0.3 is 24.8 Å². The van der Waals surface area contributed by atoms with Gasteiger partial charge >= 0.3 is 0 Å². The molecule has 1 aliphatic rings. The molecular weight excluding hydrogens is 212 g/mol. The van der Waals surface area contributed by atoms with Crippen molar-refractivity contribution in [3.8, 4) is 5.75 Å². The summed E-state index contributed by atoms with van der Waals surface area (Å²) in [6, 6.07) is 8.84. The van der Waals surface area contributed by atoms with E-state index in [1.54, 1.807) is 24.3 Å². The Bertz CT molecular complexity index is 328. The molecule has 0 amide bonds. The quantitative estimate of drug-likeness (QED) is 0.634. The highest BCUT2D eigenvalue weighted by molar-refractivity contribution is 5.21. The molecule has 0 radical (unpaired) electrons. The third-order valence-electron chi connectivity index (χ3n) is 2.45. The van der Waals surface area contributed by atoms with Crippen LogP contribution < -0.4 is 4.74 Å². The lowest BCUT2D eigenvalue weighted by Gasteiger charge is -2.34. The van der Waals surface area contributed by atoms with Gasteiger partial charge in [0.05, 0.1) is 6.61 Å². The number of aliphatic hydroxyl groups is 3. The molecule has 0 saturated carbocycles. The molecule has 3 N–H and O–H groups in total. The van der Waals surface area contributed by atoms with Crippen molar-refractivity contribution in [3.63, 3.8) is 0 Å². The number of hydrogen-bond donors (Lipinski definition) is 3. The predicted octanol–water partition coefficient (Wildman–Crippen LogP) is -0.496. The van der Waals surface area contributed by atoms with Crippen LogP contribution in [-0.2, 0) is 4.74 Å². The van der Waals surface area contributed by atoms with Gasteiger partial charge in [0.15, 0.2) is 0 Å². The number of para-hydroxylation sites is 1. The third kappa shape index (κ3) is 2.33. The van der Waals surface area contributed by atoms with Gasteiger partial charge in [-0.15, -0.1) is 0 Å². The summed E-state index contributed by atoms with van der Waals surface area (Å²) in [5, 5.41) is 28.3. The van der Waals surface area contributed by atoms with Crippen molar-refractivity contribution in [2.24, 2.45) is 0 Å². The van der Waals surface area contributed by atoms with Crippen LogP contribution in [0.4, 0.5) is 0 Å². The largest absolute Gasteiger partial charge is 0.462 e. The van der Waals surface area contributed by atoms with E-state index < -0.39 is 24.6 Å². The van der Waals surface area contributed by atoms with Gasteiger partial charge in [0.1, 0.15) is 24.1 Å². The smallest absolute Gasteiger partial charge is 0.228 e. The second-order valence-electron chi connectivity index (χ2n) is 3.68. The fourth-order valence-corrected chi connectivity index (χ4v) is 1.52. The summed E-state index contributed by atoms with van der Waals surface area (Å²) in [7, 11) is 0. The summed E-state index contributed by atoms with van der Waals surface area (Å²) in [6.45, 7) is -0.0598. The molecule has 2 rings (SSSR count). The van der Waals surface area contributed by atoms with Gasteiger partial charge in [-0.1, -0.05) is 18.2 Å². The first-order valence-corrected chi connectivity index (χ1v) is 5.06. The number of rotatable bonds is 2. The molecule has 5 nitrogen and oxygen atoms in total. The molecule has 4 unspecified atom stereocenters. The average Bonchev–Trinajstić information content (AvgIpc) is 2.31. The Hall–Kier alpha value is -1.14. The zero-order valence-corrected chi connectivity index (χ0v) is 8.56. The highest BCUT2D eigenvalue weighted by Crippen LogP contribution is 2.19. The van der Waals surface area contributed by atoms with Crippen LogP contribution in [0, 0.1) is 0 Å². The maximum Gasteiger partial charge on any atom is 0.228 e. The Kier molecular flexibility index (Phi) is 3.40. The highest BCUT2D eigenvalue weighted by atomic mass is 16.7. The molecule has 0 aliphatic carbocycles. The fraction of sp³-hybridized carbons (Fsp3) is 0.455. The zero-order chi connectivity index (χ0) is 11.5. The summed E-state index contributed by atoms with van der Waals surface area (Å²) in [6.07, 6.45) is -4.54. The minimum Gasteiger partial charge on any atom is -0.462 e. The lowest BCUT2D eigenvalue weighted by atomic mass is 10.1. The summed E-state index contributed by atoms with van der Waals surface area (Å²) in [5.41, 5.74) is 0. The lowest BCUT2D eigenvalue weighted by Crippen LogP contribution is -2.54. The van der Waals surface area contributed by atoms with Crippen molar-refractivity contribution in [2.45, 2.75) is 24.6 Å².